The predicted octanol–water partition coefficient (Wildman–Crippen LogP) is 1.91. The molecule has 1 aromatic carbocycles. The first-order chi connectivity index (χ1) is 13.7. The van der Waals surface area contributed by atoms with Crippen molar-refractivity contribution >= 4 is 39.5 Å². The maximum absolute atomic E-state index is 12.9. The molecule has 0 radical (unpaired) electrons. The monoisotopic (exact) mass is 445 g/mol. The van der Waals surface area contributed by atoms with Gasteiger partial charge in [0.15, 0.2) is 6.10 Å². The molecule has 1 fully saturated rings. The van der Waals surface area contributed by atoms with Gasteiger partial charge < -0.3 is 10.1 Å². The molecule has 1 saturated heterocycles. The zero-order valence-corrected chi connectivity index (χ0v) is 17.8. The summed E-state index contributed by atoms with van der Waals surface area (Å²) in [7, 11) is -3.85. The fraction of sp³-hybridized carbons (Fsp3) is 0.500. The van der Waals surface area contributed by atoms with Crippen LogP contribution in [-0.4, -0.2) is 56.4 Å². The molecule has 0 aliphatic carbocycles. The van der Waals surface area contributed by atoms with Gasteiger partial charge >= 0.3 is 12.0 Å². The van der Waals surface area contributed by atoms with Gasteiger partial charge in [-0.2, -0.15) is 4.31 Å². The van der Waals surface area contributed by atoms with E-state index in [-0.39, 0.29) is 15.5 Å². The highest BCUT2D eigenvalue weighted by Crippen LogP contribution is 2.28. The number of hydrogen-bond donors (Lipinski definition) is 2. The van der Waals surface area contributed by atoms with Crippen molar-refractivity contribution in [3.8, 4) is 0 Å². The highest BCUT2D eigenvalue weighted by Gasteiger charge is 2.29. The zero-order chi connectivity index (χ0) is 21.6. The van der Waals surface area contributed by atoms with Gasteiger partial charge in [-0.1, -0.05) is 18.0 Å². The SMILES string of the molecule is CCNC(=O)NC(=O)[C@H](C)OC(=O)c1ccc(Cl)c(S(=O)(=O)N2CCCCC2)c1. The second kappa shape index (κ2) is 10.0. The lowest BCUT2D eigenvalue weighted by Crippen LogP contribution is -2.44. The lowest BCUT2D eigenvalue weighted by atomic mass is 10.2. The number of halogens is 1. The molecule has 1 aliphatic rings. The molecule has 29 heavy (non-hydrogen) atoms. The number of ether oxygens (including phenoxy) is 1. The minimum absolute atomic E-state index is 0.00542. The number of benzene rings is 1. The molecule has 2 rings (SSSR count). The third-order valence-electron chi connectivity index (χ3n) is 4.33. The molecule has 160 valence electrons. The van der Waals surface area contributed by atoms with Gasteiger partial charge in [0.25, 0.3) is 5.91 Å². The van der Waals surface area contributed by atoms with Crippen LogP contribution in [0, 0.1) is 0 Å². The van der Waals surface area contributed by atoms with Crippen molar-refractivity contribution in [2.24, 2.45) is 0 Å². The molecule has 0 aromatic heterocycles. The van der Waals surface area contributed by atoms with Crippen molar-refractivity contribution in [1.29, 1.82) is 0 Å². The van der Waals surface area contributed by atoms with Crippen LogP contribution in [-0.2, 0) is 19.6 Å². The molecule has 1 aromatic rings. The molecule has 11 heteroatoms. The van der Waals surface area contributed by atoms with Crippen molar-refractivity contribution in [3.05, 3.63) is 28.8 Å². The Morgan fingerprint density at radius 3 is 2.48 bits per heavy atom. The van der Waals surface area contributed by atoms with E-state index >= 15 is 0 Å². The van der Waals surface area contributed by atoms with E-state index in [0.29, 0.717) is 19.6 Å². The number of imide groups is 1. The minimum Gasteiger partial charge on any atom is -0.449 e. The molecule has 1 aliphatic heterocycles. The molecule has 0 spiro atoms. The van der Waals surface area contributed by atoms with Gasteiger partial charge in [-0.15, -0.1) is 0 Å². The van der Waals surface area contributed by atoms with E-state index in [1.54, 1.807) is 6.92 Å². The van der Waals surface area contributed by atoms with Gasteiger partial charge in [-0.05, 0) is 44.9 Å². The number of nitrogens with one attached hydrogen (secondary N) is 2. The predicted molar refractivity (Wildman–Crippen MR) is 106 cm³/mol. The van der Waals surface area contributed by atoms with Crippen LogP contribution in [0.25, 0.3) is 0 Å². The first-order valence-corrected chi connectivity index (χ1v) is 11.1. The van der Waals surface area contributed by atoms with Gasteiger partial charge in [0.2, 0.25) is 10.0 Å². The van der Waals surface area contributed by atoms with Crippen molar-refractivity contribution in [2.75, 3.05) is 19.6 Å². The molecule has 0 saturated carbocycles. The average molecular weight is 446 g/mol. The maximum Gasteiger partial charge on any atom is 0.338 e. The number of hydrogen-bond acceptors (Lipinski definition) is 6. The van der Waals surface area contributed by atoms with Crippen LogP contribution in [0.1, 0.15) is 43.5 Å². The van der Waals surface area contributed by atoms with Crippen LogP contribution in [0.2, 0.25) is 5.02 Å². The lowest BCUT2D eigenvalue weighted by molar-refractivity contribution is -0.127. The van der Waals surface area contributed by atoms with E-state index in [9.17, 15) is 22.8 Å². The summed E-state index contributed by atoms with van der Waals surface area (Å²) in [5.41, 5.74) is -0.0670. The number of carbonyl (C=O) groups excluding carboxylic acids is 3. The Bertz CT molecular complexity index is 884. The van der Waals surface area contributed by atoms with E-state index < -0.39 is 34.0 Å². The van der Waals surface area contributed by atoms with Crippen LogP contribution < -0.4 is 10.6 Å². The number of urea groups is 1. The zero-order valence-electron chi connectivity index (χ0n) is 16.2. The summed E-state index contributed by atoms with van der Waals surface area (Å²) >= 11 is 6.08. The van der Waals surface area contributed by atoms with Gasteiger partial charge in [0, 0.05) is 19.6 Å². The number of sulfonamides is 1. The van der Waals surface area contributed by atoms with Crippen LogP contribution in [0.3, 0.4) is 0 Å². The lowest BCUT2D eigenvalue weighted by Gasteiger charge is -2.26. The molecule has 1 atom stereocenters. The summed E-state index contributed by atoms with van der Waals surface area (Å²) in [5, 5.41) is 4.41. The topological polar surface area (TPSA) is 122 Å². The van der Waals surface area contributed by atoms with Crippen LogP contribution in [0.4, 0.5) is 4.79 Å². The molecule has 9 nitrogen and oxygen atoms in total. The number of nitrogens with zero attached hydrogens (tertiary/aromatic N) is 1. The van der Waals surface area contributed by atoms with Gasteiger partial charge in [-0.25, -0.2) is 18.0 Å². The average Bonchev–Trinajstić information content (AvgIpc) is 2.68. The number of piperidine rings is 1. The first-order valence-electron chi connectivity index (χ1n) is 9.26. The van der Waals surface area contributed by atoms with Crippen LogP contribution in [0.5, 0.6) is 0 Å². The standard InChI is InChI=1S/C18H24ClN3O6S/c1-3-20-18(25)21-16(23)12(2)28-17(24)13-7-8-14(19)15(11-13)29(26,27)22-9-5-4-6-10-22/h7-8,11-12H,3-6,9-10H2,1-2H3,(H2,20,21,23,25)/t12-/m0/s1. The van der Waals surface area contributed by atoms with E-state index in [0.717, 1.165) is 25.3 Å². The van der Waals surface area contributed by atoms with E-state index in [2.05, 4.69) is 5.32 Å². The van der Waals surface area contributed by atoms with Crippen LogP contribution >= 0.6 is 11.6 Å². The highest BCUT2D eigenvalue weighted by molar-refractivity contribution is 7.89. The molecule has 1 heterocycles. The minimum atomic E-state index is -3.85. The summed E-state index contributed by atoms with van der Waals surface area (Å²) in [6.45, 7) is 4.10. The number of carbonyl (C=O) groups is 3. The Labute approximate surface area is 174 Å². The molecular weight excluding hydrogens is 422 g/mol. The molecule has 2 N–H and O–H groups in total. The molecule has 0 bridgehead atoms. The van der Waals surface area contributed by atoms with Crippen LogP contribution in [0.15, 0.2) is 23.1 Å². The first kappa shape index (κ1) is 23.1. The second-order valence-electron chi connectivity index (χ2n) is 6.51. The Morgan fingerprint density at radius 2 is 1.86 bits per heavy atom. The number of esters is 1. The third-order valence-corrected chi connectivity index (χ3v) is 6.71. The molecular formula is C18H24ClN3O6S. The van der Waals surface area contributed by atoms with E-state index in [1.807, 2.05) is 5.32 Å². The smallest absolute Gasteiger partial charge is 0.338 e. The summed E-state index contributed by atoms with van der Waals surface area (Å²) < 4.78 is 32.1. The Hall–Kier alpha value is -2.17. The summed E-state index contributed by atoms with van der Waals surface area (Å²) in [4.78, 5) is 35.5. The number of rotatable bonds is 6. The Morgan fingerprint density at radius 1 is 1.21 bits per heavy atom. The van der Waals surface area contributed by atoms with Crippen molar-refractivity contribution in [2.45, 2.75) is 44.1 Å². The summed E-state index contributed by atoms with van der Waals surface area (Å²) in [5.74, 6) is -1.71. The number of amides is 3. The molecule has 3 amide bonds. The van der Waals surface area contributed by atoms with Crippen molar-refractivity contribution in [1.82, 2.24) is 14.9 Å². The Balaban J connectivity index is 2.14. The van der Waals surface area contributed by atoms with E-state index in [1.165, 1.54) is 23.4 Å². The summed E-state index contributed by atoms with van der Waals surface area (Å²) in [6.07, 6.45) is 1.22. The fourth-order valence-corrected chi connectivity index (χ4v) is 4.79. The molecule has 0 unspecified atom stereocenters. The second-order valence-corrected chi connectivity index (χ2v) is 8.82. The summed E-state index contributed by atoms with van der Waals surface area (Å²) in [6, 6.07) is 3.05. The maximum atomic E-state index is 12.9. The van der Waals surface area contributed by atoms with Crippen molar-refractivity contribution < 1.29 is 27.5 Å². The van der Waals surface area contributed by atoms with Gasteiger partial charge in [-0.3, -0.25) is 10.1 Å². The van der Waals surface area contributed by atoms with Crippen molar-refractivity contribution in [3.63, 3.8) is 0 Å². The van der Waals surface area contributed by atoms with E-state index in [4.69, 9.17) is 16.3 Å². The van der Waals surface area contributed by atoms with Gasteiger partial charge in [0.05, 0.1) is 10.6 Å². The van der Waals surface area contributed by atoms with Gasteiger partial charge in [0.1, 0.15) is 4.90 Å². The third kappa shape index (κ3) is 5.91. The highest BCUT2D eigenvalue weighted by atomic mass is 35.5. The normalized spacial score (nSPS) is 16.0. The quantitative estimate of drug-likeness (QED) is 0.645. The fourth-order valence-electron chi connectivity index (χ4n) is 2.77. The Kier molecular flexibility index (Phi) is 8.00. The largest absolute Gasteiger partial charge is 0.449 e.